The quantitative estimate of drug-likeness (QED) is 0.822. The second-order valence-corrected chi connectivity index (χ2v) is 5.28. The molecule has 1 aromatic heterocycles. The number of nitrogens with zero attached hydrogens (tertiary/aromatic N) is 2. The molecule has 0 aliphatic rings. The van der Waals surface area contributed by atoms with Crippen molar-refractivity contribution in [2.24, 2.45) is 0 Å². The Hall–Kier alpha value is -1.13. The molecule has 0 saturated heterocycles. The number of anilines is 2. The van der Waals surface area contributed by atoms with Gasteiger partial charge in [0.25, 0.3) is 0 Å². The lowest BCUT2D eigenvalue weighted by Crippen LogP contribution is -2.02. The highest BCUT2D eigenvalue weighted by molar-refractivity contribution is 9.10. The van der Waals surface area contributed by atoms with Crippen molar-refractivity contribution in [1.82, 2.24) is 9.97 Å². The van der Waals surface area contributed by atoms with E-state index in [-0.39, 0.29) is 0 Å². The van der Waals surface area contributed by atoms with Gasteiger partial charge in [-0.3, -0.25) is 0 Å². The molecule has 5 heteroatoms. The first-order chi connectivity index (χ1) is 8.49. The number of hydrogen-bond acceptors (Lipinski definition) is 3. The van der Waals surface area contributed by atoms with Gasteiger partial charge in [-0.15, -0.1) is 0 Å². The SMILES string of the molecule is Cc1nc(Cl)c(C)c(Nc2cccc(Br)c2C)n1. The fourth-order valence-corrected chi connectivity index (χ4v) is 2.16. The van der Waals surface area contributed by atoms with Crippen molar-refractivity contribution >= 4 is 39.0 Å². The molecule has 2 rings (SSSR count). The summed E-state index contributed by atoms with van der Waals surface area (Å²) in [4.78, 5) is 8.50. The average molecular weight is 327 g/mol. The summed E-state index contributed by atoms with van der Waals surface area (Å²) in [7, 11) is 0. The van der Waals surface area contributed by atoms with Crippen molar-refractivity contribution in [3.05, 3.63) is 44.8 Å². The number of hydrogen-bond donors (Lipinski definition) is 1. The Morgan fingerprint density at radius 2 is 1.83 bits per heavy atom. The minimum atomic E-state index is 0.484. The molecule has 0 saturated carbocycles. The van der Waals surface area contributed by atoms with E-state index in [0.717, 1.165) is 27.1 Å². The highest BCUT2D eigenvalue weighted by Gasteiger charge is 2.09. The van der Waals surface area contributed by atoms with Crippen LogP contribution in [0.5, 0.6) is 0 Å². The van der Waals surface area contributed by atoms with E-state index in [2.05, 4.69) is 31.2 Å². The van der Waals surface area contributed by atoms with E-state index in [0.29, 0.717) is 11.0 Å². The zero-order valence-corrected chi connectivity index (χ0v) is 12.7. The van der Waals surface area contributed by atoms with E-state index in [9.17, 15) is 0 Å². The maximum atomic E-state index is 6.06. The number of benzene rings is 1. The predicted molar refractivity (Wildman–Crippen MR) is 78.7 cm³/mol. The molecule has 1 heterocycles. The summed E-state index contributed by atoms with van der Waals surface area (Å²) in [5.41, 5.74) is 2.98. The molecule has 0 aliphatic heterocycles. The summed E-state index contributed by atoms with van der Waals surface area (Å²) in [6.45, 7) is 5.76. The van der Waals surface area contributed by atoms with Crippen LogP contribution in [0.3, 0.4) is 0 Å². The van der Waals surface area contributed by atoms with E-state index in [1.165, 1.54) is 0 Å². The van der Waals surface area contributed by atoms with Crippen molar-refractivity contribution < 1.29 is 0 Å². The standard InChI is InChI=1S/C13H13BrClN3/c1-7-10(14)5-4-6-11(7)18-13-8(2)12(15)16-9(3)17-13/h4-6H,1-3H3,(H,16,17,18). The van der Waals surface area contributed by atoms with E-state index in [4.69, 9.17) is 11.6 Å². The molecule has 0 atom stereocenters. The van der Waals surface area contributed by atoms with Crippen LogP contribution in [0.25, 0.3) is 0 Å². The Morgan fingerprint density at radius 1 is 1.11 bits per heavy atom. The number of aromatic nitrogens is 2. The molecule has 18 heavy (non-hydrogen) atoms. The predicted octanol–water partition coefficient (Wildman–Crippen LogP) is 4.56. The van der Waals surface area contributed by atoms with Crippen molar-refractivity contribution in [2.75, 3.05) is 5.32 Å². The van der Waals surface area contributed by atoms with Gasteiger partial charge in [-0.1, -0.05) is 33.6 Å². The molecule has 0 spiro atoms. The minimum absolute atomic E-state index is 0.484. The molecule has 0 fully saturated rings. The fourth-order valence-electron chi connectivity index (χ4n) is 1.59. The first kappa shape index (κ1) is 13.3. The lowest BCUT2D eigenvalue weighted by atomic mass is 10.2. The minimum Gasteiger partial charge on any atom is -0.340 e. The molecule has 94 valence electrons. The van der Waals surface area contributed by atoms with E-state index in [1.807, 2.05) is 39.0 Å². The summed E-state index contributed by atoms with van der Waals surface area (Å²) in [5, 5.41) is 3.78. The maximum absolute atomic E-state index is 6.06. The molecule has 2 aromatic rings. The number of aryl methyl sites for hydroxylation is 1. The maximum Gasteiger partial charge on any atom is 0.138 e. The molecule has 0 radical (unpaired) electrons. The topological polar surface area (TPSA) is 37.8 Å². The van der Waals surface area contributed by atoms with Gasteiger partial charge in [0.2, 0.25) is 0 Å². The Labute approximate surface area is 120 Å². The van der Waals surface area contributed by atoms with Gasteiger partial charge in [-0.05, 0) is 38.5 Å². The zero-order valence-electron chi connectivity index (χ0n) is 10.4. The highest BCUT2D eigenvalue weighted by Crippen LogP contribution is 2.28. The number of halogens is 2. The lowest BCUT2D eigenvalue weighted by Gasteiger charge is -2.13. The van der Waals surface area contributed by atoms with E-state index < -0.39 is 0 Å². The Morgan fingerprint density at radius 3 is 2.56 bits per heavy atom. The van der Waals surface area contributed by atoms with Gasteiger partial charge in [0.15, 0.2) is 0 Å². The van der Waals surface area contributed by atoms with Gasteiger partial charge < -0.3 is 5.32 Å². The summed E-state index contributed by atoms with van der Waals surface area (Å²) in [6, 6.07) is 5.99. The lowest BCUT2D eigenvalue weighted by molar-refractivity contribution is 1.03. The van der Waals surface area contributed by atoms with Crippen molar-refractivity contribution in [3.8, 4) is 0 Å². The van der Waals surface area contributed by atoms with Gasteiger partial charge in [-0.2, -0.15) is 0 Å². The van der Waals surface area contributed by atoms with Crippen LogP contribution in [0.2, 0.25) is 5.15 Å². The molecular weight excluding hydrogens is 314 g/mol. The summed E-state index contributed by atoms with van der Waals surface area (Å²) in [5.74, 6) is 1.40. The van der Waals surface area contributed by atoms with Crippen molar-refractivity contribution in [1.29, 1.82) is 0 Å². The summed E-state index contributed by atoms with van der Waals surface area (Å²) in [6.07, 6.45) is 0. The molecule has 0 bridgehead atoms. The molecule has 3 nitrogen and oxygen atoms in total. The third-order valence-electron chi connectivity index (χ3n) is 2.72. The van der Waals surface area contributed by atoms with E-state index in [1.54, 1.807) is 0 Å². The van der Waals surface area contributed by atoms with Crippen molar-refractivity contribution in [2.45, 2.75) is 20.8 Å². The van der Waals surface area contributed by atoms with Crippen LogP contribution in [-0.2, 0) is 0 Å². The Kier molecular flexibility index (Phi) is 3.88. The summed E-state index contributed by atoms with van der Waals surface area (Å²) < 4.78 is 1.06. The van der Waals surface area contributed by atoms with Gasteiger partial charge in [0.05, 0.1) is 0 Å². The second kappa shape index (κ2) is 5.24. The van der Waals surface area contributed by atoms with Gasteiger partial charge in [0, 0.05) is 15.7 Å². The average Bonchev–Trinajstić information content (AvgIpc) is 2.31. The molecule has 1 aromatic carbocycles. The van der Waals surface area contributed by atoms with Crippen LogP contribution in [0.15, 0.2) is 22.7 Å². The first-order valence-corrected chi connectivity index (χ1v) is 6.69. The van der Waals surface area contributed by atoms with Crippen LogP contribution in [0.4, 0.5) is 11.5 Å². The third kappa shape index (κ3) is 2.65. The van der Waals surface area contributed by atoms with Crippen LogP contribution in [0, 0.1) is 20.8 Å². The Balaban J connectivity index is 2.43. The van der Waals surface area contributed by atoms with Crippen LogP contribution >= 0.6 is 27.5 Å². The second-order valence-electron chi connectivity index (χ2n) is 4.07. The van der Waals surface area contributed by atoms with Crippen LogP contribution < -0.4 is 5.32 Å². The molecule has 0 amide bonds. The van der Waals surface area contributed by atoms with Gasteiger partial charge >= 0.3 is 0 Å². The monoisotopic (exact) mass is 325 g/mol. The summed E-state index contributed by atoms with van der Waals surface area (Å²) >= 11 is 9.56. The van der Waals surface area contributed by atoms with Gasteiger partial charge in [-0.25, -0.2) is 9.97 Å². The molecular formula is C13H13BrClN3. The molecule has 1 N–H and O–H groups in total. The highest BCUT2D eigenvalue weighted by atomic mass is 79.9. The normalized spacial score (nSPS) is 10.5. The molecule has 0 unspecified atom stereocenters. The number of nitrogens with one attached hydrogen (secondary N) is 1. The van der Waals surface area contributed by atoms with Crippen LogP contribution in [0.1, 0.15) is 17.0 Å². The third-order valence-corrected chi connectivity index (χ3v) is 3.95. The first-order valence-electron chi connectivity index (χ1n) is 5.52. The van der Waals surface area contributed by atoms with E-state index >= 15 is 0 Å². The Bertz CT molecular complexity index is 599. The molecule has 0 aliphatic carbocycles. The van der Waals surface area contributed by atoms with Crippen molar-refractivity contribution in [3.63, 3.8) is 0 Å². The van der Waals surface area contributed by atoms with Gasteiger partial charge in [0.1, 0.15) is 16.8 Å². The van der Waals surface area contributed by atoms with Crippen LogP contribution in [-0.4, -0.2) is 9.97 Å². The zero-order chi connectivity index (χ0) is 13.3. The largest absolute Gasteiger partial charge is 0.340 e. The number of rotatable bonds is 2. The fraction of sp³-hybridized carbons (Fsp3) is 0.231. The smallest absolute Gasteiger partial charge is 0.138 e.